The van der Waals surface area contributed by atoms with Gasteiger partial charge in [-0.2, -0.15) is 0 Å². The Kier molecular flexibility index (Phi) is 4.34. The van der Waals surface area contributed by atoms with Crippen molar-refractivity contribution in [3.8, 4) is 0 Å². The first-order valence-electron chi connectivity index (χ1n) is 5.64. The Morgan fingerprint density at radius 3 is 2.59 bits per heavy atom. The summed E-state index contributed by atoms with van der Waals surface area (Å²) in [6, 6.07) is 18.0. The molecule has 2 aromatic rings. The molecule has 86 valence electrons. The van der Waals surface area contributed by atoms with Crippen LogP contribution in [0, 0.1) is 0 Å². The normalized spacial score (nSPS) is 10.9. The molecule has 0 aromatic heterocycles. The Bertz CT molecular complexity index is 491. The van der Waals surface area contributed by atoms with E-state index in [0.29, 0.717) is 0 Å². The van der Waals surface area contributed by atoms with Crippen molar-refractivity contribution in [3.05, 3.63) is 70.7 Å². The number of nitrogens with zero attached hydrogens (tertiary/aromatic N) is 1. The summed E-state index contributed by atoms with van der Waals surface area (Å²) in [6.07, 6.45) is 2.83. The zero-order valence-corrected chi connectivity index (χ0v) is 10.3. The molecular weight excluding hydrogens is 230 g/mol. The average molecular weight is 244 g/mol. The van der Waals surface area contributed by atoms with Gasteiger partial charge in [-0.25, -0.2) is 0 Å². The SMILES string of the molecule is Clc1cccc(CCN=Cc2ccccc2)c1. The molecular formula is C15H14ClN. The first-order valence-corrected chi connectivity index (χ1v) is 6.02. The number of halogens is 1. The van der Waals surface area contributed by atoms with Crippen molar-refractivity contribution >= 4 is 17.8 Å². The maximum absolute atomic E-state index is 5.92. The molecule has 0 saturated heterocycles. The topological polar surface area (TPSA) is 12.4 Å². The van der Waals surface area contributed by atoms with Crippen molar-refractivity contribution < 1.29 is 0 Å². The standard InChI is InChI=1S/C15H14ClN/c16-15-8-4-7-13(11-15)9-10-17-12-14-5-2-1-3-6-14/h1-8,11-12H,9-10H2. The van der Waals surface area contributed by atoms with Gasteiger partial charge >= 0.3 is 0 Å². The van der Waals surface area contributed by atoms with E-state index in [1.54, 1.807) is 0 Å². The third-order valence-electron chi connectivity index (χ3n) is 2.46. The fourth-order valence-corrected chi connectivity index (χ4v) is 1.81. The molecule has 0 saturated carbocycles. The van der Waals surface area contributed by atoms with Crippen molar-refractivity contribution in [2.75, 3.05) is 6.54 Å². The van der Waals surface area contributed by atoms with Crippen molar-refractivity contribution in [1.29, 1.82) is 0 Å². The second-order valence-corrected chi connectivity index (χ2v) is 4.26. The fourth-order valence-electron chi connectivity index (χ4n) is 1.60. The van der Waals surface area contributed by atoms with Gasteiger partial charge in [0.05, 0.1) is 0 Å². The molecule has 2 aromatic carbocycles. The Balaban J connectivity index is 1.86. The summed E-state index contributed by atoms with van der Waals surface area (Å²) in [5, 5.41) is 0.787. The van der Waals surface area contributed by atoms with Crippen LogP contribution in [0.25, 0.3) is 0 Å². The number of rotatable bonds is 4. The molecule has 2 rings (SSSR count). The van der Waals surface area contributed by atoms with Crippen LogP contribution in [-0.2, 0) is 6.42 Å². The van der Waals surface area contributed by atoms with Crippen LogP contribution in [0.15, 0.2) is 59.6 Å². The molecule has 0 spiro atoms. The lowest BCUT2D eigenvalue weighted by Gasteiger charge is -1.98. The first-order chi connectivity index (χ1) is 8.34. The van der Waals surface area contributed by atoms with Crippen LogP contribution in [-0.4, -0.2) is 12.8 Å². The molecule has 0 heterocycles. The summed E-state index contributed by atoms with van der Waals surface area (Å²) in [5.74, 6) is 0. The van der Waals surface area contributed by atoms with Crippen molar-refractivity contribution in [1.82, 2.24) is 0 Å². The highest BCUT2D eigenvalue weighted by atomic mass is 35.5. The lowest BCUT2D eigenvalue weighted by Crippen LogP contribution is -1.90. The summed E-state index contributed by atoms with van der Waals surface area (Å²) in [6.45, 7) is 0.787. The third-order valence-corrected chi connectivity index (χ3v) is 2.69. The van der Waals surface area contributed by atoms with Crippen LogP contribution < -0.4 is 0 Å². The Morgan fingerprint density at radius 2 is 1.82 bits per heavy atom. The van der Waals surface area contributed by atoms with Crippen molar-refractivity contribution in [2.24, 2.45) is 4.99 Å². The molecule has 0 N–H and O–H groups in total. The predicted molar refractivity (Wildman–Crippen MR) is 74.1 cm³/mol. The molecule has 2 heteroatoms. The van der Waals surface area contributed by atoms with Gasteiger partial charge < -0.3 is 0 Å². The second kappa shape index (κ2) is 6.21. The van der Waals surface area contributed by atoms with Gasteiger partial charge in [0.1, 0.15) is 0 Å². The van der Waals surface area contributed by atoms with Gasteiger partial charge in [0.15, 0.2) is 0 Å². The van der Waals surface area contributed by atoms with Crippen LogP contribution in [0.2, 0.25) is 5.02 Å². The van der Waals surface area contributed by atoms with Crippen molar-refractivity contribution in [2.45, 2.75) is 6.42 Å². The van der Waals surface area contributed by atoms with E-state index >= 15 is 0 Å². The van der Waals surface area contributed by atoms with Gasteiger partial charge in [-0.3, -0.25) is 4.99 Å². The molecule has 0 aliphatic heterocycles. The first kappa shape index (κ1) is 11.9. The quantitative estimate of drug-likeness (QED) is 0.720. The van der Waals surface area contributed by atoms with Gasteiger partial charge in [0.2, 0.25) is 0 Å². The minimum atomic E-state index is 0.787. The second-order valence-electron chi connectivity index (χ2n) is 3.83. The Labute approximate surface area is 107 Å². The summed E-state index contributed by atoms with van der Waals surface area (Å²) in [7, 11) is 0. The highest BCUT2D eigenvalue weighted by Gasteiger charge is 1.92. The average Bonchev–Trinajstić information content (AvgIpc) is 2.36. The number of benzene rings is 2. The molecule has 0 bridgehead atoms. The Hall–Kier alpha value is -1.60. The van der Waals surface area contributed by atoms with Crippen molar-refractivity contribution in [3.63, 3.8) is 0 Å². The van der Waals surface area contributed by atoms with Gasteiger partial charge in [0, 0.05) is 17.8 Å². The molecule has 1 nitrogen and oxygen atoms in total. The highest BCUT2D eigenvalue weighted by molar-refractivity contribution is 6.30. The van der Waals surface area contributed by atoms with Crippen LogP contribution >= 0.6 is 11.6 Å². The van der Waals surface area contributed by atoms with E-state index in [2.05, 4.69) is 11.1 Å². The maximum Gasteiger partial charge on any atom is 0.0429 e. The molecule has 0 radical (unpaired) electrons. The fraction of sp³-hybridized carbons (Fsp3) is 0.133. The van der Waals surface area contributed by atoms with Crippen LogP contribution in [0.3, 0.4) is 0 Å². The van der Waals surface area contributed by atoms with E-state index in [1.807, 2.05) is 54.7 Å². The highest BCUT2D eigenvalue weighted by Crippen LogP contribution is 2.10. The van der Waals surface area contributed by atoms with Gasteiger partial charge in [-0.05, 0) is 29.7 Å². The maximum atomic E-state index is 5.92. The van der Waals surface area contributed by atoms with E-state index in [-0.39, 0.29) is 0 Å². The lowest BCUT2D eigenvalue weighted by atomic mass is 10.1. The molecule has 0 atom stereocenters. The third kappa shape index (κ3) is 4.04. The smallest absolute Gasteiger partial charge is 0.0429 e. The van der Waals surface area contributed by atoms with Gasteiger partial charge in [-0.1, -0.05) is 54.1 Å². The van der Waals surface area contributed by atoms with Crippen LogP contribution in [0.1, 0.15) is 11.1 Å². The van der Waals surface area contributed by atoms with Crippen LogP contribution in [0.5, 0.6) is 0 Å². The minimum Gasteiger partial charge on any atom is -0.292 e. The van der Waals surface area contributed by atoms with E-state index in [4.69, 9.17) is 11.6 Å². The lowest BCUT2D eigenvalue weighted by molar-refractivity contribution is 0.973. The summed E-state index contributed by atoms with van der Waals surface area (Å²) >= 11 is 5.92. The molecule has 17 heavy (non-hydrogen) atoms. The zero-order chi connectivity index (χ0) is 11.9. The summed E-state index contributed by atoms with van der Waals surface area (Å²) in [5.41, 5.74) is 2.36. The predicted octanol–water partition coefficient (Wildman–Crippen LogP) is 4.00. The van der Waals surface area contributed by atoms with E-state index in [9.17, 15) is 0 Å². The Morgan fingerprint density at radius 1 is 1.00 bits per heavy atom. The van der Waals surface area contributed by atoms with Crippen LogP contribution in [0.4, 0.5) is 0 Å². The van der Waals surface area contributed by atoms with Gasteiger partial charge in [-0.15, -0.1) is 0 Å². The number of aliphatic imine (C=N–C) groups is 1. The monoisotopic (exact) mass is 243 g/mol. The van der Waals surface area contributed by atoms with E-state index in [1.165, 1.54) is 5.56 Å². The molecule has 0 unspecified atom stereocenters. The largest absolute Gasteiger partial charge is 0.292 e. The van der Waals surface area contributed by atoms with E-state index < -0.39 is 0 Å². The van der Waals surface area contributed by atoms with Gasteiger partial charge in [0.25, 0.3) is 0 Å². The number of hydrogen-bond donors (Lipinski definition) is 0. The number of hydrogen-bond acceptors (Lipinski definition) is 1. The molecule has 0 aliphatic rings. The minimum absolute atomic E-state index is 0.787. The van der Waals surface area contributed by atoms with E-state index in [0.717, 1.165) is 23.6 Å². The molecule has 0 fully saturated rings. The molecule has 0 aliphatic carbocycles. The summed E-state index contributed by atoms with van der Waals surface area (Å²) < 4.78 is 0. The summed E-state index contributed by atoms with van der Waals surface area (Å²) in [4.78, 5) is 4.40. The molecule has 0 amide bonds. The zero-order valence-electron chi connectivity index (χ0n) is 9.51.